The summed E-state index contributed by atoms with van der Waals surface area (Å²) in [5.41, 5.74) is 2.93. The highest BCUT2D eigenvalue weighted by atomic mass is 32.1. The number of carbonyl (C=O) groups excluding carboxylic acids is 1. The molecule has 3 heterocycles. The third kappa shape index (κ3) is 3.30. The average Bonchev–Trinajstić information content (AvgIpc) is 3.39. The van der Waals surface area contributed by atoms with Gasteiger partial charge >= 0.3 is 0 Å². The van der Waals surface area contributed by atoms with Crippen molar-refractivity contribution in [3.8, 4) is 11.4 Å². The number of hydrogen-bond donors (Lipinski definition) is 0. The molecular formula is C21H22N4O2S. The Morgan fingerprint density at radius 1 is 1.07 bits per heavy atom. The number of thiophene rings is 1. The lowest BCUT2D eigenvalue weighted by molar-refractivity contribution is 0.0747. The van der Waals surface area contributed by atoms with E-state index in [1.54, 1.807) is 11.3 Å². The molecule has 2 fully saturated rings. The van der Waals surface area contributed by atoms with Crippen molar-refractivity contribution in [1.29, 1.82) is 0 Å². The number of amides is 1. The monoisotopic (exact) mass is 394 g/mol. The summed E-state index contributed by atoms with van der Waals surface area (Å²) in [5.74, 6) is 2.03. The number of rotatable bonds is 4. The van der Waals surface area contributed by atoms with E-state index in [2.05, 4.69) is 27.2 Å². The van der Waals surface area contributed by atoms with Crippen LogP contribution in [0.2, 0.25) is 0 Å². The van der Waals surface area contributed by atoms with E-state index >= 15 is 0 Å². The standard InChI is InChI=1S/C21H22N4O2S/c26-21(17-8-13-28-14-17)25-11-9-24(10-12-25)18-6-4-15(5-7-18)19-22-20(27-23-19)16-2-1-3-16/h4-8,13-14,16H,1-3,9-12H2. The van der Waals surface area contributed by atoms with Gasteiger partial charge in [-0.15, -0.1) is 0 Å². The second-order valence-corrected chi connectivity index (χ2v) is 8.20. The predicted octanol–water partition coefficient (Wildman–Crippen LogP) is 4.03. The van der Waals surface area contributed by atoms with Gasteiger partial charge in [0.05, 0.1) is 5.56 Å². The van der Waals surface area contributed by atoms with Gasteiger partial charge in [-0.3, -0.25) is 4.79 Å². The summed E-state index contributed by atoms with van der Waals surface area (Å²) in [6.45, 7) is 3.16. The van der Waals surface area contributed by atoms with Gasteiger partial charge in [-0.25, -0.2) is 0 Å². The van der Waals surface area contributed by atoms with Crippen molar-refractivity contribution < 1.29 is 9.32 Å². The molecule has 0 unspecified atom stereocenters. The van der Waals surface area contributed by atoms with Crippen LogP contribution in [0, 0.1) is 0 Å². The Morgan fingerprint density at radius 3 is 2.50 bits per heavy atom. The summed E-state index contributed by atoms with van der Waals surface area (Å²) in [7, 11) is 0. The first-order valence-electron chi connectivity index (χ1n) is 9.78. The number of piperazine rings is 1. The van der Waals surface area contributed by atoms with E-state index in [0.29, 0.717) is 11.7 Å². The fraction of sp³-hybridized carbons (Fsp3) is 0.381. The molecule has 3 aromatic rings. The summed E-state index contributed by atoms with van der Waals surface area (Å²) in [5, 5.41) is 8.01. The van der Waals surface area contributed by atoms with Crippen molar-refractivity contribution in [3.05, 3.63) is 52.5 Å². The van der Waals surface area contributed by atoms with Crippen LogP contribution < -0.4 is 4.90 Å². The van der Waals surface area contributed by atoms with Crippen LogP contribution in [0.1, 0.15) is 41.4 Å². The van der Waals surface area contributed by atoms with Crippen molar-refractivity contribution in [1.82, 2.24) is 15.0 Å². The highest BCUT2D eigenvalue weighted by Gasteiger charge is 2.26. The number of aromatic nitrogens is 2. The highest BCUT2D eigenvalue weighted by molar-refractivity contribution is 7.08. The van der Waals surface area contributed by atoms with Gasteiger partial charge in [-0.1, -0.05) is 11.6 Å². The molecule has 0 N–H and O–H groups in total. The summed E-state index contributed by atoms with van der Waals surface area (Å²) >= 11 is 1.56. The minimum absolute atomic E-state index is 0.135. The Morgan fingerprint density at radius 2 is 1.86 bits per heavy atom. The molecule has 7 heteroatoms. The van der Waals surface area contributed by atoms with Crippen LogP contribution >= 0.6 is 11.3 Å². The lowest BCUT2D eigenvalue weighted by Crippen LogP contribution is -2.48. The molecule has 1 saturated heterocycles. The Hall–Kier alpha value is -2.67. The molecule has 1 saturated carbocycles. The first-order chi connectivity index (χ1) is 13.8. The van der Waals surface area contributed by atoms with Gasteiger partial charge in [0, 0.05) is 48.7 Å². The molecular weight excluding hydrogens is 372 g/mol. The molecule has 2 aliphatic rings. The maximum absolute atomic E-state index is 12.5. The van der Waals surface area contributed by atoms with E-state index in [1.165, 1.54) is 6.42 Å². The molecule has 6 nitrogen and oxygen atoms in total. The highest BCUT2D eigenvalue weighted by Crippen LogP contribution is 2.36. The van der Waals surface area contributed by atoms with Gasteiger partial charge in [0.15, 0.2) is 0 Å². The Bertz CT molecular complexity index is 939. The van der Waals surface area contributed by atoms with E-state index in [1.807, 2.05) is 33.9 Å². The zero-order valence-corrected chi connectivity index (χ0v) is 16.4. The molecule has 0 radical (unpaired) electrons. The average molecular weight is 395 g/mol. The topological polar surface area (TPSA) is 62.5 Å². The Labute approximate surface area is 167 Å². The lowest BCUT2D eigenvalue weighted by Gasteiger charge is -2.36. The molecule has 2 aromatic heterocycles. The first kappa shape index (κ1) is 17.4. The molecule has 5 rings (SSSR count). The minimum Gasteiger partial charge on any atom is -0.368 e. The molecule has 1 aromatic carbocycles. The zero-order valence-electron chi connectivity index (χ0n) is 15.6. The van der Waals surface area contributed by atoms with Crippen LogP contribution in [0.3, 0.4) is 0 Å². The summed E-state index contributed by atoms with van der Waals surface area (Å²) in [6, 6.07) is 10.2. The minimum atomic E-state index is 0.135. The molecule has 144 valence electrons. The van der Waals surface area contributed by atoms with E-state index < -0.39 is 0 Å². The first-order valence-corrected chi connectivity index (χ1v) is 10.7. The van der Waals surface area contributed by atoms with Crippen molar-refractivity contribution >= 4 is 22.9 Å². The summed E-state index contributed by atoms with van der Waals surface area (Å²) in [4.78, 5) is 21.3. The number of nitrogens with zero attached hydrogens (tertiary/aromatic N) is 4. The second kappa shape index (κ2) is 7.39. The van der Waals surface area contributed by atoms with Crippen molar-refractivity contribution in [2.45, 2.75) is 25.2 Å². The zero-order chi connectivity index (χ0) is 18.9. The second-order valence-electron chi connectivity index (χ2n) is 7.42. The van der Waals surface area contributed by atoms with Crippen molar-refractivity contribution in [2.24, 2.45) is 0 Å². The number of carbonyl (C=O) groups is 1. The quantitative estimate of drug-likeness (QED) is 0.669. The van der Waals surface area contributed by atoms with Crippen LogP contribution in [-0.2, 0) is 0 Å². The van der Waals surface area contributed by atoms with Gasteiger partial charge in [-0.05, 0) is 48.6 Å². The van der Waals surface area contributed by atoms with Crippen molar-refractivity contribution in [3.63, 3.8) is 0 Å². The van der Waals surface area contributed by atoms with E-state index in [0.717, 1.165) is 61.7 Å². The normalized spacial score (nSPS) is 17.6. The smallest absolute Gasteiger partial charge is 0.254 e. The Balaban J connectivity index is 1.22. The van der Waals surface area contributed by atoms with E-state index in [4.69, 9.17) is 4.52 Å². The SMILES string of the molecule is O=C(c1ccsc1)N1CCN(c2ccc(-c3noc(C4CCC4)n3)cc2)CC1. The van der Waals surface area contributed by atoms with Crippen LogP contribution in [0.4, 0.5) is 5.69 Å². The fourth-order valence-corrected chi connectivity index (χ4v) is 4.36. The molecule has 0 atom stereocenters. The van der Waals surface area contributed by atoms with Crippen LogP contribution in [0.15, 0.2) is 45.6 Å². The molecule has 0 bridgehead atoms. The maximum atomic E-state index is 12.5. The molecule has 1 amide bonds. The van der Waals surface area contributed by atoms with Gasteiger partial charge in [-0.2, -0.15) is 16.3 Å². The van der Waals surface area contributed by atoms with Gasteiger partial charge in [0.25, 0.3) is 5.91 Å². The Kier molecular flexibility index (Phi) is 4.60. The fourth-order valence-electron chi connectivity index (χ4n) is 3.73. The van der Waals surface area contributed by atoms with Crippen LogP contribution in [0.5, 0.6) is 0 Å². The van der Waals surface area contributed by atoms with Gasteiger partial charge in [0.2, 0.25) is 11.7 Å². The molecule has 28 heavy (non-hydrogen) atoms. The molecule has 1 aliphatic carbocycles. The van der Waals surface area contributed by atoms with Crippen LogP contribution in [0.25, 0.3) is 11.4 Å². The number of hydrogen-bond acceptors (Lipinski definition) is 6. The van der Waals surface area contributed by atoms with Crippen LogP contribution in [-0.4, -0.2) is 47.1 Å². The van der Waals surface area contributed by atoms with E-state index in [-0.39, 0.29) is 5.91 Å². The third-order valence-electron chi connectivity index (χ3n) is 5.72. The lowest BCUT2D eigenvalue weighted by atomic mass is 9.85. The molecule has 1 aliphatic heterocycles. The number of anilines is 1. The summed E-state index contributed by atoms with van der Waals surface area (Å²) in [6.07, 6.45) is 3.56. The molecule has 0 spiro atoms. The predicted molar refractivity (Wildman–Crippen MR) is 109 cm³/mol. The largest absolute Gasteiger partial charge is 0.368 e. The third-order valence-corrected chi connectivity index (χ3v) is 6.41. The summed E-state index contributed by atoms with van der Waals surface area (Å²) < 4.78 is 5.43. The van der Waals surface area contributed by atoms with Crippen molar-refractivity contribution in [2.75, 3.05) is 31.1 Å². The number of benzene rings is 1. The van der Waals surface area contributed by atoms with Gasteiger partial charge < -0.3 is 14.3 Å². The van der Waals surface area contributed by atoms with E-state index in [9.17, 15) is 4.79 Å². The van der Waals surface area contributed by atoms with Gasteiger partial charge in [0.1, 0.15) is 0 Å². The maximum Gasteiger partial charge on any atom is 0.254 e.